The molecular formula is C22H20N2O2. The lowest BCUT2D eigenvalue weighted by Gasteiger charge is -2.06. The normalized spacial score (nSPS) is 10.8. The van der Waals surface area contributed by atoms with E-state index in [2.05, 4.69) is 42.3 Å². The molecule has 0 bridgehead atoms. The van der Waals surface area contributed by atoms with Crippen LogP contribution in [0.4, 0.5) is 5.88 Å². The van der Waals surface area contributed by atoms with E-state index in [-0.39, 0.29) is 0 Å². The van der Waals surface area contributed by atoms with E-state index < -0.39 is 0 Å². The predicted molar refractivity (Wildman–Crippen MR) is 102 cm³/mol. The molecule has 0 atom stereocenters. The van der Waals surface area contributed by atoms with Crippen LogP contribution in [0.3, 0.4) is 0 Å². The van der Waals surface area contributed by atoms with Gasteiger partial charge in [-0.05, 0) is 56.2 Å². The summed E-state index contributed by atoms with van der Waals surface area (Å²) in [6.07, 6.45) is 1.68. The van der Waals surface area contributed by atoms with E-state index in [1.54, 1.807) is 6.21 Å². The molecule has 0 aliphatic rings. The van der Waals surface area contributed by atoms with Gasteiger partial charge in [-0.3, -0.25) is 0 Å². The quantitative estimate of drug-likeness (QED) is 0.582. The molecular weight excluding hydrogens is 324 g/mol. The fraction of sp³-hybridized carbons (Fsp3) is 0.182. The molecule has 0 unspecified atom stereocenters. The van der Waals surface area contributed by atoms with Gasteiger partial charge in [-0.1, -0.05) is 29.8 Å². The van der Waals surface area contributed by atoms with Gasteiger partial charge in [-0.2, -0.15) is 5.26 Å². The number of aliphatic imine (C=N–C) groups is 1. The number of furan rings is 1. The van der Waals surface area contributed by atoms with Gasteiger partial charge in [-0.25, -0.2) is 4.99 Å². The topological polar surface area (TPSA) is 58.5 Å². The number of rotatable bonds is 5. The van der Waals surface area contributed by atoms with E-state index in [9.17, 15) is 5.26 Å². The summed E-state index contributed by atoms with van der Waals surface area (Å²) in [5.74, 6) is 1.86. The zero-order chi connectivity index (χ0) is 18.5. The highest BCUT2D eigenvalue weighted by molar-refractivity contribution is 5.82. The van der Waals surface area contributed by atoms with Crippen LogP contribution in [-0.2, 0) is 6.61 Å². The average Bonchev–Trinajstić information content (AvgIpc) is 2.93. The van der Waals surface area contributed by atoms with Crippen molar-refractivity contribution in [2.75, 3.05) is 0 Å². The Morgan fingerprint density at radius 3 is 2.38 bits per heavy atom. The molecule has 2 aromatic carbocycles. The number of ether oxygens (including phenoxy) is 1. The molecule has 0 saturated heterocycles. The van der Waals surface area contributed by atoms with Crippen LogP contribution in [-0.4, -0.2) is 6.21 Å². The van der Waals surface area contributed by atoms with Gasteiger partial charge in [0.15, 0.2) is 0 Å². The van der Waals surface area contributed by atoms with Crippen LogP contribution in [0, 0.1) is 32.1 Å². The minimum Gasteiger partial charge on any atom is -0.489 e. The third-order valence-electron chi connectivity index (χ3n) is 4.22. The second-order valence-corrected chi connectivity index (χ2v) is 6.18. The maximum Gasteiger partial charge on any atom is 0.237 e. The fourth-order valence-electron chi connectivity index (χ4n) is 2.47. The van der Waals surface area contributed by atoms with Crippen LogP contribution in [0.25, 0.3) is 0 Å². The average molecular weight is 344 g/mol. The van der Waals surface area contributed by atoms with Crippen molar-refractivity contribution >= 4 is 12.1 Å². The van der Waals surface area contributed by atoms with Crippen molar-refractivity contribution in [2.24, 2.45) is 4.99 Å². The van der Waals surface area contributed by atoms with Crippen LogP contribution >= 0.6 is 0 Å². The maximum absolute atomic E-state index is 9.21. The standard InChI is InChI=1S/C22H20N2O2/c1-15-4-6-19(7-5-15)14-25-20-10-8-18(9-11-20)13-24-22-21(12-23)16(2)17(3)26-22/h4-11,13H,14H2,1-3H3. The van der Waals surface area contributed by atoms with Gasteiger partial charge in [0, 0.05) is 11.8 Å². The molecule has 3 aromatic rings. The molecule has 3 rings (SSSR count). The van der Waals surface area contributed by atoms with Crippen molar-refractivity contribution in [3.05, 3.63) is 82.1 Å². The largest absolute Gasteiger partial charge is 0.489 e. The van der Waals surface area contributed by atoms with Crippen LogP contribution in [0.1, 0.15) is 33.6 Å². The Balaban J connectivity index is 1.65. The Morgan fingerprint density at radius 2 is 1.73 bits per heavy atom. The van der Waals surface area contributed by atoms with Crippen LogP contribution in [0.2, 0.25) is 0 Å². The first-order valence-electron chi connectivity index (χ1n) is 8.39. The monoisotopic (exact) mass is 344 g/mol. The number of hydrogen-bond donors (Lipinski definition) is 0. The number of nitriles is 1. The van der Waals surface area contributed by atoms with Gasteiger partial charge in [0.2, 0.25) is 5.88 Å². The van der Waals surface area contributed by atoms with Crippen LogP contribution < -0.4 is 4.74 Å². The van der Waals surface area contributed by atoms with Crippen LogP contribution in [0.15, 0.2) is 57.9 Å². The molecule has 0 saturated carbocycles. The highest BCUT2D eigenvalue weighted by Crippen LogP contribution is 2.27. The van der Waals surface area contributed by atoms with E-state index in [1.807, 2.05) is 38.1 Å². The summed E-state index contributed by atoms with van der Waals surface area (Å²) in [6.45, 7) is 6.28. The molecule has 0 N–H and O–H groups in total. The number of hydrogen-bond acceptors (Lipinski definition) is 4. The Hall–Kier alpha value is -3.32. The van der Waals surface area contributed by atoms with E-state index in [0.717, 1.165) is 22.4 Å². The van der Waals surface area contributed by atoms with Crippen LogP contribution in [0.5, 0.6) is 5.75 Å². The number of aryl methyl sites for hydroxylation is 2. The van der Waals surface area contributed by atoms with Crippen molar-refractivity contribution < 1.29 is 9.15 Å². The second-order valence-electron chi connectivity index (χ2n) is 6.18. The summed E-state index contributed by atoms with van der Waals surface area (Å²) >= 11 is 0. The highest BCUT2D eigenvalue weighted by Gasteiger charge is 2.12. The molecule has 4 nitrogen and oxygen atoms in total. The first kappa shape index (κ1) is 17.5. The molecule has 1 aromatic heterocycles. The molecule has 130 valence electrons. The fourth-order valence-corrected chi connectivity index (χ4v) is 2.47. The summed E-state index contributed by atoms with van der Waals surface area (Å²) < 4.78 is 11.3. The SMILES string of the molecule is Cc1ccc(COc2ccc(C=Nc3oc(C)c(C)c3C#N)cc2)cc1. The number of nitrogens with zero attached hydrogens (tertiary/aromatic N) is 2. The zero-order valence-corrected chi connectivity index (χ0v) is 15.1. The molecule has 0 radical (unpaired) electrons. The van der Waals surface area contributed by atoms with Gasteiger partial charge in [0.25, 0.3) is 0 Å². The van der Waals surface area contributed by atoms with Crippen molar-refractivity contribution in [3.8, 4) is 11.8 Å². The molecule has 0 aliphatic carbocycles. The lowest BCUT2D eigenvalue weighted by Crippen LogP contribution is -1.95. The Morgan fingerprint density at radius 1 is 1.04 bits per heavy atom. The Bertz CT molecular complexity index is 959. The van der Waals surface area contributed by atoms with Gasteiger partial charge in [0.1, 0.15) is 29.7 Å². The van der Waals surface area contributed by atoms with Crippen molar-refractivity contribution in [1.29, 1.82) is 5.26 Å². The molecule has 0 amide bonds. The van der Waals surface area contributed by atoms with Gasteiger partial charge in [-0.15, -0.1) is 0 Å². The van der Waals surface area contributed by atoms with Gasteiger partial charge >= 0.3 is 0 Å². The zero-order valence-electron chi connectivity index (χ0n) is 15.1. The smallest absolute Gasteiger partial charge is 0.237 e. The predicted octanol–water partition coefficient (Wildman–Crippen LogP) is 5.41. The molecule has 0 aliphatic heterocycles. The lowest BCUT2D eigenvalue weighted by atomic mass is 10.2. The Kier molecular flexibility index (Phi) is 5.19. The van der Waals surface area contributed by atoms with E-state index in [1.165, 1.54) is 5.56 Å². The summed E-state index contributed by atoms with van der Waals surface area (Å²) in [7, 11) is 0. The summed E-state index contributed by atoms with van der Waals surface area (Å²) in [4.78, 5) is 4.31. The summed E-state index contributed by atoms with van der Waals surface area (Å²) in [6, 6.07) is 18.1. The minimum atomic E-state index is 0.349. The second kappa shape index (κ2) is 7.71. The highest BCUT2D eigenvalue weighted by atomic mass is 16.5. The van der Waals surface area contributed by atoms with Crippen molar-refractivity contribution in [2.45, 2.75) is 27.4 Å². The third kappa shape index (κ3) is 4.01. The van der Waals surface area contributed by atoms with Crippen molar-refractivity contribution in [3.63, 3.8) is 0 Å². The number of benzene rings is 2. The first-order valence-corrected chi connectivity index (χ1v) is 8.39. The van der Waals surface area contributed by atoms with E-state index >= 15 is 0 Å². The van der Waals surface area contributed by atoms with E-state index in [0.29, 0.717) is 23.8 Å². The van der Waals surface area contributed by atoms with E-state index in [4.69, 9.17) is 9.15 Å². The lowest BCUT2D eigenvalue weighted by molar-refractivity contribution is 0.306. The summed E-state index contributed by atoms with van der Waals surface area (Å²) in [5, 5.41) is 9.21. The molecule has 4 heteroatoms. The minimum absolute atomic E-state index is 0.349. The summed E-state index contributed by atoms with van der Waals surface area (Å²) in [5.41, 5.74) is 4.59. The third-order valence-corrected chi connectivity index (χ3v) is 4.22. The van der Waals surface area contributed by atoms with Gasteiger partial charge in [0.05, 0.1) is 0 Å². The Labute approximate surface area is 153 Å². The van der Waals surface area contributed by atoms with Gasteiger partial charge < -0.3 is 9.15 Å². The molecule has 0 fully saturated rings. The molecule has 26 heavy (non-hydrogen) atoms. The first-order chi connectivity index (χ1) is 12.6. The molecule has 0 spiro atoms. The maximum atomic E-state index is 9.21. The van der Waals surface area contributed by atoms with Crippen molar-refractivity contribution in [1.82, 2.24) is 0 Å². The molecule has 1 heterocycles.